The van der Waals surface area contributed by atoms with Gasteiger partial charge in [-0.05, 0) is 71.0 Å². The number of phenolic OH excluding ortho intramolecular Hbond substituents is 2. The summed E-state index contributed by atoms with van der Waals surface area (Å²) in [6.45, 7) is 0.712. The van der Waals surface area contributed by atoms with Crippen LogP contribution in [0.25, 0.3) is 22.3 Å². The molecule has 5 heteroatoms. The number of aromatic hydroxyl groups is 2. The van der Waals surface area contributed by atoms with Crippen molar-refractivity contribution in [2.45, 2.75) is 25.4 Å². The van der Waals surface area contributed by atoms with Gasteiger partial charge in [0.2, 0.25) is 5.91 Å². The summed E-state index contributed by atoms with van der Waals surface area (Å²) in [5, 5.41) is 31.3. The highest BCUT2D eigenvalue weighted by molar-refractivity contribution is 5.99. The Morgan fingerprint density at radius 1 is 0.800 bits per heavy atom. The summed E-state index contributed by atoms with van der Waals surface area (Å²) in [5.41, 5.74) is 5.88. The first-order valence-electron chi connectivity index (χ1n) is 11.8. The van der Waals surface area contributed by atoms with Crippen LogP contribution >= 0.6 is 0 Å². The van der Waals surface area contributed by atoms with Crippen LogP contribution in [0.5, 0.6) is 11.5 Å². The number of benzene rings is 4. The lowest BCUT2D eigenvalue weighted by Crippen LogP contribution is -2.43. The first-order chi connectivity index (χ1) is 17.0. The number of hydrogen-bond acceptors (Lipinski definition) is 4. The molecule has 1 heterocycles. The van der Waals surface area contributed by atoms with Crippen molar-refractivity contribution < 1.29 is 20.1 Å². The third kappa shape index (κ3) is 4.77. The van der Waals surface area contributed by atoms with Crippen molar-refractivity contribution in [2.24, 2.45) is 0 Å². The largest absolute Gasteiger partial charge is 0.508 e. The topological polar surface area (TPSA) is 81.0 Å². The second-order valence-corrected chi connectivity index (χ2v) is 8.88. The monoisotopic (exact) mass is 465 g/mol. The molecule has 0 aliphatic carbocycles. The van der Waals surface area contributed by atoms with Gasteiger partial charge >= 0.3 is 0 Å². The molecular weight excluding hydrogens is 438 g/mol. The molecule has 1 atom stereocenters. The van der Waals surface area contributed by atoms with Crippen LogP contribution in [0.4, 0.5) is 5.69 Å². The van der Waals surface area contributed by atoms with Crippen molar-refractivity contribution in [1.82, 2.24) is 0 Å². The minimum absolute atomic E-state index is 0.112. The molecule has 1 aliphatic rings. The molecule has 4 aromatic carbocycles. The standard InChI is InChI=1S/C30H27NO4/c32-25-8-4-7-21(18-25)27-12-9-23(19-29(27)34)26-13-11-24(31-16-15-30(31)35)17-22(26)10-14-28(33)20-5-2-1-3-6-20/h1-9,11-13,17-19,28,32-34H,10,14-16H2/t28-/m0/s1. The first-order valence-corrected chi connectivity index (χ1v) is 11.8. The summed E-state index contributed by atoms with van der Waals surface area (Å²) >= 11 is 0. The molecule has 0 saturated carbocycles. The van der Waals surface area contributed by atoms with E-state index >= 15 is 0 Å². The number of rotatable bonds is 7. The molecule has 0 aromatic heterocycles. The summed E-state index contributed by atoms with van der Waals surface area (Å²) in [6, 6.07) is 27.8. The highest BCUT2D eigenvalue weighted by Gasteiger charge is 2.26. The van der Waals surface area contributed by atoms with Crippen LogP contribution in [0.1, 0.15) is 30.1 Å². The summed E-state index contributed by atoms with van der Waals surface area (Å²) < 4.78 is 0. The molecule has 0 unspecified atom stereocenters. The molecule has 35 heavy (non-hydrogen) atoms. The van der Waals surface area contributed by atoms with Crippen LogP contribution in [0.3, 0.4) is 0 Å². The molecule has 1 saturated heterocycles. The number of β-lactam (4-membered cyclic amide) rings is 1. The second kappa shape index (κ2) is 9.65. The van der Waals surface area contributed by atoms with E-state index in [1.54, 1.807) is 29.2 Å². The van der Waals surface area contributed by atoms with Gasteiger partial charge in [0.15, 0.2) is 0 Å². The van der Waals surface area contributed by atoms with Crippen LogP contribution in [-0.2, 0) is 11.2 Å². The fourth-order valence-electron chi connectivity index (χ4n) is 4.58. The summed E-state index contributed by atoms with van der Waals surface area (Å²) in [4.78, 5) is 13.8. The number of aryl methyl sites for hydroxylation is 1. The van der Waals surface area contributed by atoms with Crippen LogP contribution in [-0.4, -0.2) is 27.8 Å². The SMILES string of the molecule is O=C1CCN1c1ccc(-c2ccc(-c3cccc(O)c3)c(O)c2)c(CC[C@H](O)c2ccccc2)c1. The Morgan fingerprint density at radius 2 is 1.57 bits per heavy atom. The number of hydrogen-bond donors (Lipinski definition) is 3. The molecule has 3 N–H and O–H groups in total. The molecule has 4 aromatic rings. The minimum Gasteiger partial charge on any atom is -0.508 e. The Hall–Kier alpha value is -4.09. The average Bonchev–Trinajstić information content (AvgIpc) is 2.87. The normalized spacial score (nSPS) is 14.0. The zero-order valence-electron chi connectivity index (χ0n) is 19.3. The van der Waals surface area contributed by atoms with Gasteiger partial charge in [0.05, 0.1) is 6.10 Å². The minimum atomic E-state index is -0.597. The molecule has 0 spiro atoms. The van der Waals surface area contributed by atoms with Crippen molar-refractivity contribution >= 4 is 11.6 Å². The Kier molecular flexibility index (Phi) is 6.25. The van der Waals surface area contributed by atoms with E-state index in [-0.39, 0.29) is 17.4 Å². The maximum absolute atomic E-state index is 12.0. The van der Waals surface area contributed by atoms with Crippen LogP contribution in [0.2, 0.25) is 0 Å². The van der Waals surface area contributed by atoms with E-state index in [0.717, 1.165) is 33.5 Å². The third-order valence-electron chi connectivity index (χ3n) is 6.59. The molecule has 0 bridgehead atoms. The Labute approximate surface area is 204 Å². The lowest BCUT2D eigenvalue weighted by atomic mass is 9.92. The maximum atomic E-state index is 12.0. The zero-order chi connectivity index (χ0) is 24.4. The van der Waals surface area contributed by atoms with E-state index in [0.29, 0.717) is 31.4 Å². The number of nitrogens with zero attached hydrogens (tertiary/aromatic N) is 1. The smallest absolute Gasteiger partial charge is 0.228 e. The van der Waals surface area contributed by atoms with Crippen molar-refractivity contribution in [3.63, 3.8) is 0 Å². The molecule has 5 nitrogen and oxygen atoms in total. The number of carbonyl (C=O) groups excluding carboxylic acids is 1. The lowest BCUT2D eigenvalue weighted by Gasteiger charge is -2.31. The third-order valence-corrected chi connectivity index (χ3v) is 6.59. The number of carbonyl (C=O) groups is 1. The number of amides is 1. The second-order valence-electron chi connectivity index (χ2n) is 8.88. The van der Waals surface area contributed by atoms with E-state index in [1.165, 1.54) is 0 Å². The molecular formula is C30H27NO4. The van der Waals surface area contributed by atoms with E-state index in [1.807, 2.05) is 66.7 Å². The van der Waals surface area contributed by atoms with E-state index in [2.05, 4.69) is 0 Å². The highest BCUT2D eigenvalue weighted by atomic mass is 16.3. The van der Waals surface area contributed by atoms with E-state index in [9.17, 15) is 20.1 Å². The Bertz CT molecular complexity index is 1370. The summed E-state index contributed by atoms with van der Waals surface area (Å²) in [5.74, 6) is 0.368. The van der Waals surface area contributed by atoms with Gasteiger partial charge < -0.3 is 20.2 Å². The van der Waals surface area contributed by atoms with Crippen LogP contribution in [0, 0.1) is 0 Å². The Balaban J connectivity index is 1.47. The highest BCUT2D eigenvalue weighted by Crippen LogP contribution is 2.37. The Morgan fingerprint density at radius 3 is 2.26 bits per heavy atom. The molecule has 1 amide bonds. The van der Waals surface area contributed by atoms with Gasteiger partial charge in [0, 0.05) is 24.2 Å². The van der Waals surface area contributed by atoms with Crippen LogP contribution in [0.15, 0.2) is 91.0 Å². The maximum Gasteiger partial charge on any atom is 0.228 e. The number of phenols is 2. The number of aliphatic hydroxyl groups is 1. The fraction of sp³-hybridized carbons (Fsp3) is 0.167. The number of aliphatic hydroxyl groups excluding tert-OH is 1. The molecule has 176 valence electrons. The van der Waals surface area contributed by atoms with Gasteiger partial charge in [-0.2, -0.15) is 0 Å². The zero-order valence-corrected chi connectivity index (χ0v) is 19.3. The van der Waals surface area contributed by atoms with E-state index < -0.39 is 6.10 Å². The van der Waals surface area contributed by atoms with Crippen molar-refractivity contribution in [2.75, 3.05) is 11.4 Å². The average molecular weight is 466 g/mol. The lowest BCUT2D eigenvalue weighted by molar-refractivity contribution is -0.122. The van der Waals surface area contributed by atoms with Gasteiger partial charge in [0.1, 0.15) is 11.5 Å². The summed E-state index contributed by atoms with van der Waals surface area (Å²) in [7, 11) is 0. The van der Waals surface area contributed by atoms with Gasteiger partial charge in [-0.15, -0.1) is 0 Å². The molecule has 1 aliphatic heterocycles. The summed E-state index contributed by atoms with van der Waals surface area (Å²) in [6.07, 6.45) is 1.10. The molecule has 1 fully saturated rings. The van der Waals surface area contributed by atoms with Gasteiger partial charge in [-0.3, -0.25) is 4.79 Å². The van der Waals surface area contributed by atoms with Gasteiger partial charge in [0.25, 0.3) is 0 Å². The quantitative estimate of drug-likeness (QED) is 0.300. The van der Waals surface area contributed by atoms with E-state index in [4.69, 9.17) is 0 Å². The number of anilines is 1. The predicted molar refractivity (Wildman–Crippen MR) is 137 cm³/mol. The van der Waals surface area contributed by atoms with Crippen molar-refractivity contribution in [3.8, 4) is 33.8 Å². The van der Waals surface area contributed by atoms with Gasteiger partial charge in [-0.1, -0.05) is 60.7 Å². The fourth-order valence-corrected chi connectivity index (χ4v) is 4.58. The molecule has 0 radical (unpaired) electrons. The first kappa shape index (κ1) is 22.7. The molecule has 5 rings (SSSR count). The van der Waals surface area contributed by atoms with Crippen molar-refractivity contribution in [3.05, 3.63) is 102 Å². The predicted octanol–water partition coefficient (Wildman–Crippen LogP) is 5.83. The van der Waals surface area contributed by atoms with Crippen LogP contribution < -0.4 is 4.90 Å². The van der Waals surface area contributed by atoms with Gasteiger partial charge in [-0.25, -0.2) is 0 Å². The van der Waals surface area contributed by atoms with Crippen molar-refractivity contribution in [1.29, 1.82) is 0 Å².